The number of nitrogens with two attached hydrogens (primary N) is 1. The summed E-state index contributed by atoms with van der Waals surface area (Å²) in [4.78, 5) is 59.6. The minimum atomic E-state index is -0.919. The number of halogens is 1. The molecule has 7 N–H and O–H groups in total. The van der Waals surface area contributed by atoms with Crippen LogP contribution in [-0.4, -0.2) is 81.3 Å². The predicted octanol–water partition coefficient (Wildman–Crippen LogP) is 2.71. The third kappa shape index (κ3) is 20.5. The third-order valence-corrected chi connectivity index (χ3v) is 6.51. The molecule has 6 amide bonds. The van der Waals surface area contributed by atoms with Crippen molar-refractivity contribution in [2.75, 3.05) is 44.8 Å². The molecule has 1 unspecified atom stereocenters. The zero-order valence-corrected chi connectivity index (χ0v) is 30.9. The third-order valence-electron chi connectivity index (χ3n) is 6.20. The number of hydrogen-bond donors (Lipinski definition) is 6. The van der Waals surface area contributed by atoms with E-state index in [0.29, 0.717) is 50.8 Å². The van der Waals surface area contributed by atoms with Crippen molar-refractivity contribution in [3.63, 3.8) is 0 Å². The minimum absolute atomic E-state index is 0. The molecule has 0 spiro atoms. The maximum atomic E-state index is 12.9. The number of primary amides is 1. The summed E-state index contributed by atoms with van der Waals surface area (Å²) >= 11 is 5.81. The van der Waals surface area contributed by atoms with Gasteiger partial charge in [0.15, 0.2) is 0 Å². The molecule has 0 heterocycles. The molecule has 1 rings (SSSR count). The van der Waals surface area contributed by atoms with Crippen LogP contribution in [0, 0.1) is 5.41 Å². The molecule has 15 heteroatoms. The fourth-order valence-electron chi connectivity index (χ4n) is 3.56. The minimum Gasteiger partial charge on any atom is -0.528 e. The molecule has 1 aromatic carbocycles. The average Bonchev–Trinajstić information content (AvgIpc) is 2.98. The first kappa shape index (κ1) is 43.7. The standard InChI is InChI=1S/C28H44ClN6O7.C3H8.Fm/c1-27(2,11-13-41-14-15-42-28(3,4)18-31-19-36)25(39)33-17-23(37)35-22(6-5-12-32-26(30)40)24(38)34-21-9-7-20(16-29)8-10-21;1-3-2;/h7-10,22H,5-6,11-18H2,1-4H3,(H,31,36)(H,33,39)(H,34,38)(H,35,37)(H3,30,32,40);3H2,1-2H3;/q-1;;. The number of carbonyl (C=O) groups excluding carboxylic acids is 5. The van der Waals surface area contributed by atoms with Gasteiger partial charge in [-0.3, -0.25) is 14.4 Å². The van der Waals surface area contributed by atoms with Gasteiger partial charge < -0.3 is 46.6 Å². The summed E-state index contributed by atoms with van der Waals surface area (Å²) in [6.07, 6.45) is 3.85. The first-order valence-electron chi connectivity index (χ1n) is 15.1. The van der Waals surface area contributed by atoms with E-state index in [1.807, 2.05) is 13.8 Å². The van der Waals surface area contributed by atoms with Crippen LogP contribution in [0.2, 0.25) is 0 Å². The molecule has 1 atom stereocenters. The van der Waals surface area contributed by atoms with E-state index in [4.69, 9.17) is 26.8 Å². The quantitative estimate of drug-likeness (QED) is 0.0474. The smallest absolute Gasteiger partial charge is 0.312 e. The number of ether oxygens (including phenoxy) is 2. The van der Waals surface area contributed by atoms with Crippen molar-refractivity contribution in [1.29, 1.82) is 0 Å². The van der Waals surface area contributed by atoms with E-state index in [0.717, 1.165) is 5.56 Å². The number of alkyl halides is 1. The number of hydrogen-bond acceptors (Lipinski definition) is 7. The van der Waals surface area contributed by atoms with Gasteiger partial charge in [-0.2, -0.15) is 6.41 Å². The molecule has 0 aliphatic rings. The van der Waals surface area contributed by atoms with E-state index < -0.39 is 34.9 Å². The SMILES string of the molecule is CC(C)(CN[C-]=O)OCCOCCC(C)(C)C(=O)NCC(=O)NC(CCCNC(N)=O)C(=O)Nc1ccc(CCl)cc1.CCC.[Fm]. The Hall–Kier alpha value is -4.42. The van der Waals surface area contributed by atoms with Crippen molar-refractivity contribution in [1.82, 2.24) is 21.3 Å². The number of carbonyl (C=O) groups is 4. The fraction of sp³-hybridized carbons (Fsp3) is 0.645. The van der Waals surface area contributed by atoms with E-state index in [2.05, 4.69) is 40.4 Å². The average molecular weight is 913 g/mol. The summed E-state index contributed by atoms with van der Waals surface area (Å²) in [5, 5.41) is 12.9. The van der Waals surface area contributed by atoms with Gasteiger partial charge in [0.1, 0.15) is 6.04 Å². The summed E-state index contributed by atoms with van der Waals surface area (Å²) in [5.74, 6) is -1.00. The van der Waals surface area contributed by atoms with Gasteiger partial charge in [-0.15, -0.1) is 11.6 Å². The fourth-order valence-corrected chi connectivity index (χ4v) is 3.74. The zero-order valence-electron chi connectivity index (χ0n) is 27.8. The van der Waals surface area contributed by atoms with Gasteiger partial charge >= 0.3 is 6.03 Å². The van der Waals surface area contributed by atoms with Crippen LogP contribution in [0.3, 0.4) is 0 Å². The Balaban J connectivity index is 0. The number of rotatable bonds is 21. The van der Waals surface area contributed by atoms with Gasteiger partial charge in [0, 0.05) is 36.7 Å². The van der Waals surface area contributed by atoms with E-state index >= 15 is 0 Å². The molecule has 0 saturated carbocycles. The molecular weight excluding hydrogens is 861 g/mol. The van der Waals surface area contributed by atoms with Gasteiger partial charge in [0.25, 0.3) is 0 Å². The van der Waals surface area contributed by atoms with Crippen LogP contribution < -0.4 is 32.3 Å². The zero-order chi connectivity index (χ0) is 34.3. The van der Waals surface area contributed by atoms with Crippen LogP contribution in [-0.2, 0) is 34.5 Å². The summed E-state index contributed by atoms with van der Waals surface area (Å²) in [6.45, 7) is 12.5. The van der Waals surface area contributed by atoms with E-state index in [9.17, 15) is 24.0 Å². The van der Waals surface area contributed by atoms with Crippen molar-refractivity contribution in [3.05, 3.63) is 29.8 Å². The topological polar surface area (TPSA) is 190 Å². The molecule has 13 nitrogen and oxygen atoms in total. The first-order chi connectivity index (χ1) is 21.2. The van der Waals surface area contributed by atoms with Gasteiger partial charge in [-0.1, -0.05) is 46.2 Å². The molecule has 0 aliphatic carbocycles. The Bertz CT molecular complexity index is 1040. The number of urea groups is 1. The van der Waals surface area contributed by atoms with Crippen molar-refractivity contribution in [2.24, 2.45) is 11.1 Å². The van der Waals surface area contributed by atoms with Crippen LogP contribution in [0.25, 0.3) is 0 Å². The molecule has 46 heavy (non-hydrogen) atoms. The van der Waals surface area contributed by atoms with E-state index in [1.165, 1.54) is 6.42 Å². The van der Waals surface area contributed by atoms with Crippen LogP contribution in [0.1, 0.15) is 72.8 Å². The number of nitrogens with one attached hydrogen (secondary N) is 5. The van der Waals surface area contributed by atoms with Gasteiger partial charge in [-0.25, -0.2) is 4.79 Å². The van der Waals surface area contributed by atoms with Gasteiger partial charge in [0.2, 0.25) is 17.7 Å². The molecule has 0 aromatic heterocycles. The Kier molecular flexibility index (Phi) is 22.7. The Morgan fingerprint density at radius 2 is 1.63 bits per heavy atom. The summed E-state index contributed by atoms with van der Waals surface area (Å²) in [5.41, 5.74) is 5.12. The van der Waals surface area contributed by atoms with Crippen LogP contribution in [0.5, 0.6) is 0 Å². The number of benzene rings is 1. The predicted molar refractivity (Wildman–Crippen MR) is 175 cm³/mol. The number of anilines is 1. The molecule has 0 radical (unpaired) electrons. The van der Waals surface area contributed by atoms with E-state index in [-0.39, 0.29) is 25.4 Å². The van der Waals surface area contributed by atoms with E-state index in [1.54, 1.807) is 44.5 Å². The maximum Gasteiger partial charge on any atom is 0.312 e. The summed E-state index contributed by atoms with van der Waals surface area (Å²) in [7, 11) is 0. The number of amides is 6. The molecule has 0 fully saturated rings. The second kappa shape index (κ2) is 23.9. The first-order valence-corrected chi connectivity index (χ1v) is 15.6. The molecule has 0 aliphatic heterocycles. The van der Waals surface area contributed by atoms with Crippen molar-refractivity contribution < 1.29 is 33.4 Å². The molecule has 1 aromatic rings. The van der Waals surface area contributed by atoms with Crippen molar-refractivity contribution in [3.8, 4) is 0 Å². The largest absolute Gasteiger partial charge is 0.528 e. The van der Waals surface area contributed by atoms with Gasteiger partial charge in [0.05, 0.1) is 25.4 Å². The molecule has 268 valence electrons. The van der Waals surface area contributed by atoms with Crippen LogP contribution >= 0.6 is 11.6 Å². The van der Waals surface area contributed by atoms with Crippen LogP contribution in [0.15, 0.2) is 24.3 Å². The summed E-state index contributed by atoms with van der Waals surface area (Å²) in [6, 6.07) is 5.36. The second-order valence-corrected chi connectivity index (χ2v) is 11.8. The summed E-state index contributed by atoms with van der Waals surface area (Å²) < 4.78 is 11.2. The molecular formula is C31H52ClFmN6O7-. The van der Waals surface area contributed by atoms with Crippen LogP contribution in [0.4, 0.5) is 10.5 Å². The van der Waals surface area contributed by atoms with Gasteiger partial charge in [-0.05, 0) is 50.8 Å². The maximum absolute atomic E-state index is 12.9. The van der Waals surface area contributed by atoms with Crippen molar-refractivity contribution >= 4 is 47.5 Å². The molecule has 0 saturated heterocycles. The Labute approximate surface area is 272 Å². The second-order valence-electron chi connectivity index (χ2n) is 11.6. The monoisotopic (exact) mass is 912 g/mol. The normalized spacial score (nSPS) is 11.5. The van der Waals surface area contributed by atoms with Crippen molar-refractivity contribution in [2.45, 2.75) is 84.7 Å². The Morgan fingerprint density at radius 1 is 1.00 bits per heavy atom. The Morgan fingerprint density at radius 3 is 2.20 bits per heavy atom. The molecule has 0 bridgehead atoms.